The molecule has 92 valence electrons. The molecule has 0 spiro atoms. The number of hydrogen-bond donors (Lipinski definition) is 0. The maximum atomic E-state index is 5.50. The lowest BCUT2D eigenvalue weighted by molar-refractivity contribution is 0.121. The van der Waals surface area contributed by atoms with E-state index in [9.17, 15) is 0 Å². The third-order valence-electron chi connectivity index (χ3n) is 2.23. The highest BCUT2D eigenvalue weighted by Crippen LogP contribution is 2.15. The molecule has 0 aromatic heterocycles. The van der Waals surface area contributed by atoms with Crippen LogP contribution in [-0.2, 0) is 11.3 Å². The lowest BCUT2D eigenvalue weighted by Crippen LogP contribution is -1.95. The van der Waals surface area contributed by atoms with E-state index in [0.29, 0.717) is 5.92 Å². The first-order valence-corrected chi connectivity index (χ1v) is 6.40. The SMILES string of the molecule is CC.CCCOCc1cccc(C(C)C)c1. The van der Waals surface area contributed by atoms with Crippen LogP contribution in [0.4, 0.5) is 0 Å². The predicted octanol–water partition coefficient (Wildman–Crippen LogP) is 4.76. The fourth-order valence-corrected chi connectivity index (χ4v) is 1.38. The van der Waals surface area contributed by atoms with Crippen molar-refractivity contribution < 1.29 is 4.74 Å². The van der Waals surface area contributed by atoms with Crippen molar-refractivity contribution >= 4 is 0 Å². The molecule has 0 atom stereocenters. The summed E-state index contributed by atoms with van der Waals surface area (Å²) in [5.74, 6) is 0.598. The van der Waals surface area contributed by atoms with E-state index in [1.165, 1.54) is 11.1 Å². The van der Waals surface area contributed by atoms with Crippen molar-refractivity contribution in [2.75, 3.05) is 6.61 Å². The molecule has 0 amide bonds. The molecule has 1 aromatic carbocycles. The molecular weight excluding hydrogens is 196 g/mol. The Kier molecular flexibility index (Phi) is 8.93. The van der Waals surface area contributed by atoms with E-state index in [2.05, 4.69) is 45.0 Å². The molecule has 1 rings (SSSR count). The van der Waals surface area contributed by atoms with E-state index in [0.717, 1.165) is 19.6 Å². The number of ether oxygens (including phenoxy) is 1. The minimum atomic E-state index is 0.598. The second-order valence-corrected chi connectivity index (χ2v) is 3.95. The van der Waals surface area contributed by atoms with Crippen LogP contribution < -0.4 is 0 Å². The van der Waals surface area contributed by atoms with Crippen molar-refractivity contribution in [3.05, 3.63) is 35.4 Å². The summed E-state index contributed by atoms with van der Waals surface area (Å²) in [6.45, 7) is 12.2. The van der Waals surface area contributed by atoms with E-state index >= 15 is 0 Å². The van der Waals surface area contributed by atoms with Gasteiger partial charge in [0.25, 0.3) is 0 Å². The van der Waals surface area contributed by atoms with Gasteiger partial charge in [0, 0.05) is 6.61 Å². The van der Waals surface area contributed by atoms with Crippen molar-refractivity contribution in [1.29, 1.82) is 0 Å². The molecule has 0 bridgehead atoms. The zero-order valence-corrected chi connectivity index (χ0v) is 11.4. The van der Waals surface area contributed by atoms with E-state index < -0.39 is 0 Å². The average Bonchev–Trinajstić information content (AvgIpc) is 2.32. The number of rotatable bonds is 5. The lowest BCUT2D eigenvalue weighted by atomic mass is 10.0. The van der Waals surface area contributed by atoms with Crippen LogP contribution in [-0.4, -0.2) is 6.61 Å². The molecule has 0 N–H and O–H groups in total. The van der Waals surface area contributed by atoms with Gasteiger partial charge in [0.2, 0.25) is 0 Å². The maximum absolute atomic E-state index is 5.50. The fourth-order valence-electron chi connectivity index (χ4n) is 1.38. The topological polar surface area (TPSA) is 9.23 Å². The van der Waals surface area contributed by atoms with Gasteiger partial charge in [-0.25, -0.2) is 0 Å². The summed E-state index contributed by atoms with van der Waals surface area (Å²) in [7, 11) is 0. The first kappa shape index (κ1) is 15.2. The summed E-state index contributed by atoms with van der Waals surface area (Å²) in [6.07, 6.45) is 1.09. The van der Waals surface area contributed by atoms with Crippen molar-refractivity contribution in [3.63, 3.8) is 0 Å². The summed E-state index contributed by atoms with van der Waals surface area (Å²) in [4.78, 5) is 0. The number of benzene rings is 1. The molecule has 0 aliphatic heterocycles. The Labute approximate surface area is 101 Å². The molecule has 16 heavy (non-hydrogen) atoms. The van der Waals surface area contributed by atoms with Gasteiger partial charge in [0.15, 0.2) is 0 Å². The van der Waals surface area contributed by atoms with Gasteiger partial charge in [0.05, 0.1) is 6.61 Å². The summed E-state index contributed by atoms with van der Waals surface area (Å²) in [6, 6.07) is 8.65. The van der Waals surface area contributed by atoms with Crippen molar-refractivity contribution in [3.8, 4) is 0 Å². The lowest BCUT2D eigenvalue weighted by Gasteiger charge is -2.08. The zero-order chi connectivity index (χ0) is 12.4. The molecule has 0 aliphatic rings. The Bertz CT molecular complexity index is 266. The van der Waals surface area contributed by atoms with Gasteiger partial charge in [-0.15, -0.1) is 0 Å². The van der Waals surface area contributed by atoms with Gasteiger partial charge in [-0.1, -0.05) is 58.9 Å². The van der Waals surface area contributed by atoms with Crippen LogP contribution in [0.1, 0.15) is 58.1 Å². The van der Waals surface area contributed by atoms with Crippen LogP contribution in [0.2, 0.25) is 0 Å². The monoisotopic (exact) mass is 222 g/mol. The molecule has 0 aliphatic carbocycles. The number of hydrogen-bond acceptors (Lipinski definition) is 1. The van der Waals surface area contributed by atoms with E-state index in [-0.39, 0.29) is 0 Å². The molecule has 1 heteroatoms. The van der Waals surface area contributed by atoms with Gasteiger partial charge >= 0.3 is 0 Å². The fraction of sp³-hybridized carbons (Fsp3) is 0.600. The third-order valence-corrected chi connectivity index (χ3v) is 2.23. The normalized spacial score (nSPS) is 9.88. The van der Waals surface area contributed by atoms with Crippen molar-refractivity contribution in [1.82, 2.24) is 0 Å². The molecule has 0 saturated carbocycles. The van der Waals surface area contributed by atoms with Gasteiger partial charge in [0.1, 0.15) is 0 Å². The van der Waals surface area contributed by atoms with Gasteiger partial charge in [-0.2, -0.15) is 0 Å². The summed E-state index contributed by atoms with van der Waals surface area (Å²) in [5, 5.41) is 0. The smallest absolute Gasteiger partial charge is 0.0716 e. The molecule has 0 heterocycles. The van der Waals surface area contributed by atoms with Crippen LogP contribution in [0.15, 0.2) is 24.3 Å². The predicted molar refractivity (Wildman–Crippen MR) is 71.8 cm³/mol. The van der Waals surface area contributed by atoms with Crippen LogP contribution in [0, 0.1) is 0 Å². The summed E-state index contributed by atoms with van der Waals surface area (Å²) in [5.41, 5.74) is 2.67. The van der Waals surface area contributed by atoms with Gasteiger partial charge in [-0.3, -0.25) is 0 Å². The molecule has 0 radical (unpaired) electrons. The Balaban J connectivity index is 0.00000106. The van der Waals surface area contributed by atoms with Crippen LogP contribution in [0.3, 0.4) is 0 Å². The maximum Gasteiger partial charge on any atom is 0.0716 e. The summed E-state index contributed by atoms with van der Waals surface area (Å²) < 4.78 is 5.50. The second-order valence-electron chi connectivity index (χ2n) is 3.95. The van der Waals surface area contributed by atoms with E-state index in [1.54, 1.807) is 0 Å². The van der Waals surface area contributed by atoms with Crippen molar-refractivity contribution in [2.24, 2.45) is 0 Å². The average molecular weight is 222 g/mol. The Morgan fingerprint density at radius 3 is 2.44 bits per heavy atom. The highest BCUT2D eigenvalue weighted by atomic mass is 16.5. The molecule has 0 saturated heterocycles. The standard InChI is InChI=1S/C13H20O.C2H6/c1-4-8-14-10-12-6-5-7-13(9-12)11(2)3;1-2/h5-7,9,11H,4,8,10H2,1-3H3;1-2H3. The molecular formula is C15H26O. The minimum Gasteiger partial charge on any atom is -0.377 e. The summed E-state index contributed by atoms with van der Waals surface area (Å²) >= 11 is 0. The van der Waals surface area contributed by atoms with Crippen LogP contribution in [0.25, 0.3) is 0 Å². The van der Waals surface area contributed by atoms with E-state index in [1.807, 2.05) is 13.8 Å². The molecule has 0 unspecified atom stereocenters. The third kappa shape index (κ3) is 5.92. The minimum absolute atomic E-state index is 0.598. The van der Waals surface area contributed by atoms with Gasteiger partial charge in [-0.05, 0) is 23.5 Å². The molecule has 1 nitrogen and oxygen atoms in total. The Hall–Kier alpha value is -0.820. The second kappa shape index (κ2) is 9.41. The van der Waals surface area contributed by atoms with Crippen LogP contribution in [0.5, 0.6) is 0 Å². The van der Waals surface area contributed by atoms with E-state index in [4.69, 9.17) is 4.74 Å². The highest BCUT2D eigenvalue weighted by molar-refractivity contribution is 5.25. The zero-order valence-electron chi connectivity index (χ0n) is 11.4. The quantitative estimate of drug-likeness (QED) is 0.652. The van der Waals surface area contributed by atoms with Crippen molar-refractivity contribution in [2.45, 2.75) is 53.6 Å². The largest absolute Gasteiger partial charge is 0.377 e. The first-order valence-electron chi connectivity index (χ1n) is 6.40. The molecule has 0 fully saturated rings. The highest BCUT2D eigenvalue weighted by Gasteiger charge is 1.99. The van der Waals surface area contributed by atoms with Crippen LogP contribution >= 0.6 is 0 Å². The Morgan fingerprint density at radius 1 is 1.19 bits per heavy atom. The first-order chi connectivity index (χ1) is 7.74. The van der Waals surface area contributed by atoms with Gasteiger partial charge < -0.3 is 4.74 Å². The Morgan fingerprint density at radius 2 is 1.88 bits per heavy atom. The molecule has 1 aromatic rings.